The fourth-order valence-electron chi connectivity index (χ4n) is 3.34. The second-order valence-electron chi connectivity index (χ2n) is 7.51. The first-order chi connectivity index (χ1) is 15.0. The Morgan fingerprint density at radius 1 is 0.968 bits per heavy atom. The largest absolute Gasteiger partial charge is 0.330 e. The molecule has 8 heteroatoms. The SMILES string of the molecule is CS(=O)(=O)N(CCCN)Cc1cccc(-c2ccnc(CCCc3ccncc3)n2)c1. The molecule has 0 saturated carbocycles. The first-order valence-corrected chi connectivity index (χ1v) is 12.3. The average molecular weight is 440 g/mol. The van der Waals surface area contributed by atoms with Crippen LogP contribution in [0.15, 0.2) is 61.1 Å². The molecule has 3 aromatic rings. The molecule has 2 aromatic heterocycles. The summed E-state index contributed by atoms with van der Waals surface area (Å²) >= 11 is 0. The van der Waals surface area contributed by atoms with E-state index in [4.69, 9.17) is 10.7 Å². The van der Waals surface area contributed by atoms with E-state index in [-0.39, 0.29) is 0 Å². The molecule has 0 amide bonds. The number of nitrogens with zero attached hydrogens (tertiary/aromatic N) is 4. The molecule has 0 radical (unpaired) electrons. The Morgan fingerprint density at radius 2 is 1.77 bits per heavy atom. The lowest BCUT2D eigenvalue weighted by Gasteiger charge is -2.20. The maximum atomic E-state index is 12.1. The van der Waals surface area contributed by atoms with Crippen LogP contribution < -0.4 is 5.73 Å². The number of aromatic nitrogens is 3. The van der Waals surface area contributed by atoms with Crippen LogP contribution in [0.2, 0.25) is 0 Å². The van der Waals surface area contributed by atoms with Crippen LogP contribution in [0.25, 0.3) is 11.3 Å². The van der Waals surface area contributed by atoms with Gasteiger partial charge in [0.05, 0.1) is 11.9 Å². The van der Waals surface area contributed by atoms with Gasteiger partial charge >= 0.3 is 0 Å². The molecule has 0 atom stereocenters. The lowest BCUT2D eigenvalue weighted by Crippen LogP contribution is -2.31. The Morgan fingerprint density at radius 3 is 2.52 bits per heavy atom. The second-order valence-corrected chi connectivity index (χ2v) is 9.49. The summed E-state index contributed by atoms with van der Waals surface area (Å²) in [5.74, 6) is 0.803. The summed E-state index contributed by atoms with van der Waals surface area (Å²) in [4.78, 5) is 13.2. The van der Waals surface area contributed by atoms with Crippen LogP contribution >= 0.6 is 0 Å². The second kappa shape index (κ2) is 11.1. The number of aryl methyl sites for hydroxylation is 2. The minimum Gasteiger partial charge on any atom is -0.330 e. The molecule has 0 bridgehead atoms. The normalized spacial score (nSPS) is 11.7. The van der Waals surface area contributed by atoms with E-state index in [1.807, 2.05) is 42.5 Å². The highest BCUT2D eigenvalue weighted by atomic mass is 32.2. The molecule has 7 nitrogen and oxygen atoms in total. The Labute approximate surface area is 184 Å². The van der Waals surface area contributed by atoms with Crippen molar-refractivity contribution >= 4 is 10.0 Å². The molecule has 0 saturated heterocycles. The zero-order chi connectivity index (χ0) is 22.1. The third kappa shape index (κ3) is 7.20. The first kappa shape index (κ1) is 23.0. The van der Waals surface area contributed by atoms with Gasteiger partial charge in [-0.3, -0.25) is 4.98 Å². The van der Waals surface area contributed by atoms with Crippen molar-refractivity contribution in [1.82, 2.24) is 19.3 Å². The number of hydrogen-bond donors (Lipinski definition) is 1. The summed E-state index contributed by atoms with van der Waals surface area (Å²) in [7, 11) is -3.30. The summed E-state index contributed by atoms with van der Waals surface area (Å²) in [5.41, 5.74) is 9.51. The van der Waals surface area contributed by atoms with Crippen molar-refractivity contribution in [2.24, 2.45) is 5.73 Å². The molecule has 2 heterocycles. The first-order valence-electron chi connectivity index (χ1n) is 10.4. The maximum Gasteiger partial charge on any atom is 0.211 e. The highest BCUT2D eigenvalue weighted by molar-refractivity contribution is 7.88. The summed E-state index contributed by atoms with van der Waals surface area (Å²) < 4.78 is 25.7. The van der Waals surface area contributed by atoms with Crippen LogP contribution in [-0.2, 0) is 29.4 Å². The number of rotatable bonds is 11. The zero-order valence-electron chi connectivity index (χ0n) is 17.8. The van der Waals surface area contributed by atoms with Gasteiger partial charge in [-0.2, -0.15) is 4.31 Å². The minimum atomic E-state index is -3.30. The van der Waals surface area contributed by atoms with Gasteiger partial charge in [0.25, 0.3) is 0 Å². The number of nitrogens with two attached hydrogens (primary N) is 1. The van der Waals surface area contributed by atoms with Gasteiger partial charge in [0.15, 0.2) is 0 Å². The van der Waals surface area contributed by atoms with Gasteiger partial charge in [0.2, 0.25) is 10.0 Å². The number of sulfonamides is 1. The highest BCUT2D eigenvalue weighted by Gasteiger charge is 2.16. The molecular formula is C23H29N5O2S. The van der Waals surface area contributed by atoms with E-state index in [9.17, 15) is 8.42 Å². The Bertz CT molecular complexity index is 1070. The van der Waals surface area contributed by atoms with Crippen molar-refractivity contribution in [1.29, 1.82) is 0 Å². The van der Waals surface area contributed by atoms with Gasteiger partial charge in [0, 0.05) is 43.7 Å². The summed E-state index contributed by atoms with van der Waals surface area (Å²) in [6, 6.07) is 13.8. The van der Waals surface area contributed by atoms with E-state index < -0.39 is 10.0 Å². The van der Waals surface area contributed by atoms with Gasteiger partial charge in [-0.1, -0.05) is 18.2 Å². The van der Waals surface area contributed by atoms with Crippen molar-refractivity contribution in [2.45, 2.75) is 32.2 Å². The molecule has 31 heavy (non-hydrogen) atoms. The molecule has 0 aliphatic carbocycles. The van der Waals surface area contributed by atoms with Crippen LogP contribution in [0.5, 0.6) is 0 Å². The van der Waals surface area contributed by atoms with E-state index in [0.717, 1.165) is 41.9 Å². The lowest BCUT2D eigenvalue weighted by atomic mass is 10.1. The highest BCUT2D eigenvalue weighted by Crippen LogP contribution is 2.20. The molecule has 164 valence electrons. The van der Waals surface area contributed by atoms with Gasteiger partial charge in [-0.25, -0.2) is 18.4 Å². The predicted molar refractivity (Wildman–Crippen MR) is 123 cm³/mol. The molecule has 2 N–H and O–H groups in total. The van der Waals surface area contributed by atoms with Crippen LogP contribution in [0.3, 0.4) is 0 Å². The minimum absolute atomic E-state index is 0.316. The summed E-state index contributed by atoms with van der Waals surface area (Å²) in [6.07, 6.45) is 9.95. The van der Waals surface area contributed by atoms with Crippen LogP contribution in [0.4, 0.5) is 0 Å². The predicted octanol–water partition coefficient (Wildman–Crippen LogP) is 2.82. The fraction of sp³-hybridized carbons (Fsp3) is 0.348. The lowest BCUT2D eigenvalue weighted by molar-refractivity contribution is 0.405. The van der Waals surface area contributed by atoms with Crippen molar-refractivity contribution < 1.29 is 8.42 Å². The van der Waals surface area contributed by atoms with E-state index in [1.165, 1.54) is 16.1 Å². The van der Waals surface area contributed by atoms with Crippen LogP contribution in [0, 0.1) is 0 Å². The standard InChI is InChI=1S/C23H29N5O2S/c1-31(29,30)28(16-4-12-24)18-20-6-2-7-21(17-20)22-11-15-26-23(27-22)8-3-5-19-9-13-25-14-10-19/h2,6-7,9-11,13-15,17H,3-5,8,12,16,18,24H2,1H3. The molecule has 0 aliphatic heterocycles. The van der Waals surface area contributed by atoms with Gasteiger partial charge in [0.1, 0.15) is 5.82 Å². The molecule has 0 aliphatic rings. The monoisotopic (exact) mass is 439 g/mol. The van der Waals surface area contributed by atoms with Crippen molar-refractivity contribution in [3.63, 3.8) is 0 Å². The number of hydrogen-bond acceptors (Lipinski definition) is 6. The maximum absolute atomic E-state index is 12.1. The third-order valence-corrected chi connectivity index (χ3v) is 6.23. The summed E-state index contributed by atoms with van der Waals surface area (Å²) in [6.45, 7) is 1.18. The van der Waals surface area contributed by atoms with Crippen molar-refractivity contribution in [3.05, 3.63) is 78.0 Å². The quantitative estimate of drug-likeness (QED) is 0.493. The smallest absolute Gasteiger partial charge is 0.211 e. The molecule has 0 spiro atoms. The van der Waals surface area contributed by atoms with Crippen LogP contribution in [0.1, 0.15) is 29.8 Å². The van der Waals surface area contributed by atoms with E-state index in [2.05, 4.69) is 9.97 Å². The summed E-state index contributed by atoms with van der Waals surface area (Å²) in [5, 5.41) is 0. The van der Waals surface area contributed by atoms with Crippen molar-refractivity contribution in [3.8, 4) is 11.3 Å². The number of pyridine rings is 1. The molecule has 0 unspecified atom stereocenters. The zero-order valence-corrected chi connectivity index (χ0v) is 18.6. The topological polar surface area (TPSA) is 102 Å². The fourth-order valence-corrected chi connectivity index (χ4v) is 4.19. The van der Waals surface area contributed by atoms with Gasteiger partial charge in [-0.05, 0) is 61.2 Å². The van der Waals surface area contributed by atoms with Crippen molar-refractivity contribution in [2.75, 3.05) is 19.3 Å². The Hall–Kier alpha value is -2.68. The molecule has 3 rings (SSSR count). The molecule has 1 aromatic carbocycles. The molecule has 0 fully saturated rings. The Balaban J connectivity index is 1.69. The van der Waals surface area contributed by atoms with Crippen LogP contribution in [-0.4, -0.2) is 47.0 Å². The number of benzene rings is 1. The van der Waals surface area contributed by atoms with E-state index >= 15 is 0 Å². The van der Waals surface area contributed by atoms with Gasteiger partial charge in [-0.15, -0.1) is 0 Å². The van der Waals surface area contributed by atoms with Gasteiger partial charge < -0.3 is 5.73 Å². The van der Waals surface area contributed by atoms with E-state index in [1.54, 1.807) is 18.6 Å². The third-order valence-electron chi connectivity index (χ3n) is 4.98. The average Bonchev–Trinajstić information content (AvgIpc) is 2.77. The molecular weight excluding hydrogens is 410 g/mol. The van der Waals surface area contributed by atoms with E-state index in [0.29, 0.717) is 26.1 Å². The Kier molecular flexibility index (Phi) is 8.22.